The lowest BCUT2D eigenvalue weighted by Gasteiger charge is -2.15. The van der Waals surface area contributed by atoms with Gasteiger partial charge in [0.2, 0.25) is 0 Å². The molecule has 23 heavy (non-hydrogen) atoms. The highest BCUT2D eigenvalue weighted by molar-refractivity contribution is 7.12. The van der Waals surface area contributed by atoms with Gasteiger partial charge in [0.25, 0.3) is 5.91 Å². The van der Waals surface area contributed by atoms with E-state index in [9.17, 15) is 14.7 Å². The number of carboxylic acids is 1. The number of carbonyl (C=O) groups excluding carboxylic acids is 1. The Bertz CT molecular complexity index is 755. The number of aliphatic carboxylic acids is 1. The number of ether oxygens (including phenoxy) is 2. The first-order valence-electron chi connectivity index (χ1n) is 7.01. The average Bonchev–Trinajstić information content (AvgIpc) is 3.19. The second kappa shape index (κ2) is 6.29. The van der Waals surface area contributed by atoms with Crippen LogP contribution in [0.25, 0.3) is 0 Å². The number of fused-ring (bicyclic) bond motifs is 1. The summed E-state index contributed by atoms with van der Waals surface area (Å²) in [5, 5.41) is 13.7. The van der Waals surface area contributed by atoms with Crippen molar-refractivity contribution in [3.63, 3.8) is 0 Å². The van der Waals surface area contributed by atoms with Gasteiger partial charge in [-0.15, -0.1) is 11.3 Å². The third-order valence-electron chi connectivity index (χ3n) is 3.62. The fraction of sp³-hybridized carbons (Fsp3) is 0.250. The molecule has 2 aromatic rings. The van der Waals surface area contributed by atoms with Crippen molar-refractivity contribution in [2.75, 3.05) is 13.7 Å². The van der Waals surface area contributed by atoms with Gasteiger partial charge in [-0.05, 0) is 34.7 Å². The van der Waals surface area contributed by atoms with E-state index < -0.39 is 17.9 Å². The Labute approximate surface area is 136 Å². The summed E-state index contributed by atoms with van der Waals surface area (Å²) >= 11 is 1.20. The van der Waals surface area contributed by atoms with Crippen molar-refractivity contribution in [2.45, 2.75) is 12.5 Å². The van der Waals surface area contributed by atoms with Crippen molar-refractivity contribution in [3.05, 3.63) is 45.6 Å². The summed E-state index contributed by atoms with van der Waals surface area (Å²) in [7, 11) is 1.47. The molecule has 120 valence electrons. The summed E-state index contributed by atoms with van der Waals surface area (Å²) in [6.07, 6.45) is 0.738. The van der Waals surface area contributed by atoms with Crippen LogP contribution in [0.3, 0.4) is 0 Å². The average molecular weight is 333 g/mol. The van der Waals surface area contributed by atoms with Crippen LogP contribution in [-0.2, 0) is 11.2 Å². The van der Waals surface area contributed by atoms with Crippen molar-refractivity contribution in [1.82, 2.24) is 5.32 Å². The molecule has 1 aliphatic heterocycles. The summed E-state index contributed by atoms with van der Waals surface area (Å²) in [5.41, 5.74) is 1.47. The zero-order valence-corrected chi connectivity index (χ0v) is 13.2. The third-order valence-corrected chi connectivity index (χ3v) is 4.52. The fourth-order valence-corrected chi connectivity index (χ4v) is 3.26. The van der Waals surface area contributed by atoms with Gasteiger partial charge in [-0.3, -0.25) is 4.79 Å². The quantitative estimate of drug-likeness (QED) is 0.876. The number of carbonyl (C=O) groups is 2. The number of carboxylic acid groups (broad SMARTS) is 1. The number of thiophene rings is 1. The largest absolute Gasteiger partial charge is 0.495 e. The van der Waals surface area contributed by atoms with Gasteiger partial charge in [-0.25, -0.2) is 4.79 Å². The topological polar surface area (TPSA) is 84.9 Å². The Balaban J connectivity index is 1.85. The predicted octanol–water partition coefficient (Wildman–Crippen LogP) is 2.25. The highest BCUT2D eigenvalue weighted by Gasteiger charge is 2.26. The van der Waals surface area contributed by atoms with Crippen LogP contribution in [0.4, 0.5) is 0 Å². The smallest absolute Gasteiger partial charge is 0.330 e. The molecular formula is C16H15NO5S. The molecule has 0 fully saturated rings. The Morgan fingerprint density at radius 2 is 2.22 bits per heavy atom. The van der Waals surface area contributed by atoms with Crippen LogP contribution in [0, 0.1) is 0 Å². The van der Waals surface area contributed by atoms with Gasteiger partial charge >= 0.3 is 5.97 Å². The van der Waals surface area contributed by atoms with Crippen molar-refractivity contribution < 1.29 is 24.2 Å². The van der Waals surface area contributed by atoms with Crippen molar-refractivity contribution in [3.8, 4) is 11.5 Å². The van der Waals surface area contributed by atoms with Crippen LogP contribution in [0.1, 0.15) is 26.8 Å². The minimum absolute atomic E-state index is 0.350. The molecule has 1 unspecified atom stereocenters. The number of hydrogen-bond donors (Lipinski definition) is 2. The Morgan fingerprint density at radius 3 is 2.96 bits per heavy atom. The van der Waals surface area contributed by atoms with Crippen LogP contribution in [-0.4, -0.2) is 30.7 Å². The molecule has 3 rings (SSSR count). The summed E-state index contributed by atoms with van der Waals surface area (Å²) in [6, 6.07) is 5.72. The maximum absolute atomic E-state index is 12.3. The number of hydrogen-bond acceptors (Lipinski definition) is 5. The maximum Gasteiger partial charge on any atom is 0.330 e. The fourth-order valence-electron chi connectivity index (χ4n) is 2.49. The lowest BCUT2D eigenvalue weighted by molar-refractivity contribution is -0.139. The SMILES string of the molecule is COc1ccsc1C(=O)NC(C(=O)O)c1ccc2c(c1)CCO2. The van der Waals surface area contributed by atoms with Gasteiger partial charge in [0.1, 0.15) is 16.4 Å². The van der Waals surface area contributed by atoms with Crippen LogP contribution >= 0.6 is 11.3 Å². The molecule has 1 atom stereocenters. The minimum atomic E-state index is -1.12. The van der Waals surface area contributed by atoms with E-state index in [1.807, 2.05) is 0 Å². The molecule has 6 nitrogen and oxygen atoms in total. The zero-order chi connectivity index (χ0) is 16.4. The van der Waals surface area contributed by atoms with Crippen LogP contribution < -0.4 is 14.8 Å². The van der Waals surface area contributed by atoms with E-state index in [1.165, 1.54) is 18.4 Å². The third kappa shape index (κ3) is 3.00. The van der Waals surface area contributed by atoms with Crippen molar-refractivity contribution in [2.24, 2.45) is 0 Å². The molecule has 0 radical (unpaired) electrons. The molecule has 0 spiro atoms. The van der Waals surface area contributed by atoms with E-state index in [0.717, 1.165) is 17.7 Å². The molecule has 0 bridgehead atoms. The van der Waals surface area contributed by atoms with Crippen LogP contribution in [0.15, 0.2) is 29.6 Å². The molecule has 1 aromatic heterocycles. The molecule has 0 saturated heterocycles. The molecule has 1 amide bonds. The van der Waals surface area contributed by atoms with Gasteiger partial charge in [-0.2, -0.15) is 0 Å². The summed E-state index contributed by atoms with van der Waals surface area (Å²) in [5.74, 6) is -0.392. The summed E-state index contributed by atoms with van der Waals surface area (Å²) in [4.78, 5) is 24.3. The minimum Gasteiger partial charge on any atom is -0.495 e. The van der Waals surface area contributed by atoms with Gasteiger partial charge in [0.05, 0.1) is 13.7 Å². The van der Waals surface area contributed by atoms with Gasteiger partial charge in [-0.1, -0.05) is 6.07 Å². The van der Waals surface area contributed by atoms with E-state index in [2.05, 4.69) is 5.32 Å². The van der Waals surface area contributed by atoms with Crippen molar-refractivity contribution >= 4 is 23.2 Å². The Hall–Kier alpha value is -2.54. The lowest BCUT2D eigenvalue weighted by atomic mass is 10.0. The van der Waals surface area contributed by atoms with E-state index in [-0.39, 0.29) is 0 Å². The maximum atomic E-state index is 12.3. The summed E-state index contributed by atoms with van der Waals surface area (Å²) in [6.45, 7) is 0.593. The Kier molecular flexibility index (Phi) is 4.20. The number of methoxy groups -OCH3 is 1. The second-order valence-corrected chi connectivity index (χ2v) is 5.94. The molecule has 2 N–H and O–H groups in total. The Morgan fingerprint density at radius 1 is 1.39 bits per heavy atom. The molecule has 1 aliphatic rings. The zero-order valence-electron chi connectivity index (χ0n) is 12.4. The van der Waals surface area contributed by atoms with Crippen LogP contribution in [0.2, 0.25) is 0 Å². The normalized spacial score (nSPS) is 13.8. The van der Waals surface area contributed by atoms with E-state index in [0.29, 0.717) is 22.8 Å². The first-order valence-corrected chi connectivity index (χ1v) is 7.89. The standard InChI is InChI=1S/C16H15NO5S/c1-21-12-5-7-23-14(12)15(18)17-13(16(19)20)10-2-3-11-9(8-10)4-6-22-11/h2-3,5,7-8,13H,4,6H2,1H3,(H,17,18)(H,19,20). The predicted molar refractivity (Wildman–Crippen MR) is 84.4 cm³/mol. The molecule has 2 heterocycles. The molecule has 7 heteroatoms. The number of nitrogens with one attached hydrogen (secondary N) is 1. The van der Waals surface area contributed by atoms with Gasteiger partial charge in [0, 0.05) is 6.42 Å². The molecular weight excluding hydrogens is 318 g/mol. The van der Waals surface area contributed by atoms with Gasteiger partial charge < -0.3 is 19.9 Å². The first-order chi connectivity index (χ1) is 11.1. The number of benzene rings is 1. The second-order valence-electron chi connectivity index (χ2n) is 5.03. The molecule has 0 saturated carbocycles. The first kappa shape index (κ1) is 15.4. The van der Waals surface area contributed by atoms with E-state index in [1.54, 1.807) is 29.6 Å². The van der Waals surface area contributed by atoms with Gasteiger partial charge in [0.15, 0.2) is 6.04 Å². The lowest BCUT2D eigenvalue weighted by Crippen LogP contribution is -2.33. The van der Waals surface area contributed by atoms with Crippen LogP contribution in [0.5, 0.6) is 11.5 Å². The van der Waals surface area contributed by atoms with Crippen molar-refractivity contribution in [1.29, 1.82) is 0 Å². The highest BCUT2D eigenvalue weighted by atomic mass is 32.1. The highest BCUT2D eigenvalue weighted by Crippen LogP contribution is 2.29. The monoisotopic (exact) mass is 333 g/mol. The molecule has 0 aliphatic carbocycles. The van der Waals surface area contributed by atoms with E-state index in [4.69, 9.17) is 9.47 Å². The summed E-state index contributed by atoms with van der Waals surface area (Å²) < 4.78 is 10.5. The van der Waals surface area contributed by atoms with E-state index >= 15 is 0 Å². The molecule has 1 aromatic carbocycles. The number of rotatable bonds is 5. The number of amides is 1.